The number of carbonyl (C=O) groups is 1. The van der Waals surface area contributed by atoms with E-state index in [2.05, 4.69) is 22.4 Å². The van der Waals surface area contributed by atoms with E-state index in [0.29, 0.717) is 36.9 Å². The molecule has 0 unspecified atom stereocenters. The van der Waals surface area contributed by atoms with Crippen molar-refractivity contribution in [3.05, 3.63) is 41.7 Å². The monoisotopic (exact) mass is 460 g/mol. The van der Waals surface area contributed by atoms with Crippen molar-refractivity contribution < 1.29 is 22.7 Å². The van der Waals surface area contributed by atoms with Crippen LogP contribution in [0.25, 0.3) is 11.3 Å². The molecule has 176 valence electrons. The molecule has 1 aliphatic carbocycles. The average Bonchev–Trinajstić information content (AvgIpc) is 3.35. The van der Waals surface area contributed by atoms with E-state index in [-0.39, 0.29) is 28.6 Å². The van der Waals surface area contributed by atoms with Crippen molar-refractivity contribution in [3.8, 4) is 11.3 Å². The molecule has 2 aromatic rings. The van der Waals surface area contributed by atoms with Crippen LogP contribution in [-0.4, -0.2) is 53.3 Å². The number of fused-ring (bicyclic) bond motifs is 1. The van der Waals surface area contributed by atoms with Gasteiger partial charge >= 0.3 is 0 Å². The Labute approximate surface area is 190 Å². The van der Waals surface area contributed by atoms with Crippen molar-refractivity contribution in [3.63, 3.8) is 0 Å². The summed E-state index contributed by atoms with van der Waals surface area (Å²) in [6, 6.07) is 4.75. The molecule has 0 spiro atoms. The molecule has 9 heteroatoms. The second kappa shape index (κ2) is 8.59. The van der Waals surface area contributed by atoms with E-state index in [4.69, 9.17) is 4.74 Å². The quantitative estimate of drug-likeness (QED) is 0.698. The number of benzene rings is 1. The highest BCUT2D eigenvalue weighted by molar-refractivity contribution is 5.82. The number of ether oxygens (including phenoxy) is 1. The lowest BCUT2D eigenvalue weighted by molar-refractivity contribution is -0.145. The maximum atomic E-state index is 14.0. The summed E-state index contributed by atoms with van der Waals surface area (Å²) in [6.45, 7) is 4.92. The fourth-order valence-electron chi connectivity index (χ4n) is 5.51. The van der Waals surface area contributed by atoms with E-state index >= 15 is 0 Å². The van der Waals surface area contributed by atoms with Gasteiger partial charge in [-0.15, -0.1) is 10.2 Å². The Morgan fingerprint density at radius 2 is 1.79 bits per heavy atom. The number of halogens is 3. The largest absolute Gasteiger partial charge is 0.381 e. The van der Waals surface area contributed by atoms with Gasteiger partial charge in [-0.2, -0.15) is 0 Å². The summed E-state index contributed by atoms with van der Waals surface area (Å²) < 4.78 is 46.4. The number of carbonyl (C=O) groups excluding carboxylic acids is 1. The molecule has 6 nitrogen and oxygen atoms in total. The van der Waals surface area contributed by atoms with Crippen LogP contribution in [0.4, 0.5) is 19.0 Å². The zero-order valence-electron chi connectivity index (χ0n) is 18.5. The molecule has 1 amide bonds. The highest BCUT2D eigenvalue weighted by Crippen LogP contribution is 2.42. The highest BCUT2D eigenvalue weighted by atomic mass is 19.2. The summed E-state index contributed by atoms with van der Waals surface area (Å²) in [4.78, 5) is 15.1. The third kappa shape index (κ3) is 4.30. The number of aromatic nitrogens is 2. The lowest BCUT2D eigenvalue weighted by Gasteiger charge is -2.36. The molecule has 3 heterocycles. The molecule has 1 aromatic heterocycles. The molecule has 33 heavy (non-hydrogen) atoms. The number of amides is 1. The second-order valence-corrected chi connectivity index (χ2v) is 9.77. The molecule has 0 radical (unpaired) electrons. The van der Waals surface area contributed by atoms with Crippen molar-refractivity contribution in [1.29, 1.82) is 0 Å². The zero-order chi connectivity index (χ0) is 23.2. The summed E-state index contributed by atoms with van der Waals surface area (Å²) in [5, 5.41) is 11.4. The minimum absolute atomic E-state index is 0.0653. The number of nitrogens with one attached hydrogen (secondary N) is 1. The van der Waals surface area contributed by atoms with Gasteiger partial charge in [0.25, 0.3) is 0 Å². The van der Waals surface area contributed by atoms with Crippen LogP contribution < -0.4 is 5.32 Å². The van der Waals surface area contributed by atoms with Crippen LogP contribution in [0.3, 0.4) is 0 Å². The molecule has 3 fully saturated rings. The Morgan fingerprint density at radius 1 is 1.09 bits per heavy atom. The molecule has 1 saturated carbocycles. The maximum Gasteiger partial charge on any atom is 0.228 e. The summed E-state index contributed by atoms with van der Waals surface area (Å²) >= 11 is 0. The molecule has 5 rings (SSSR count). The van der Waals surface area contributed by atoms with Crippen LogP contribution in [0.1, 0.15) is 32.6 Å². The first-order valence-electron chi connectivity index (χ1n) is 11.4. The molecule has 3 aliphatic rings. The van der Waals surface area contributed by atoms with E-state index in [1.54, 1.807) is 6.07 Å². The SMILES string of the molecule is CC1(C(=O)N2C[C@H]3C[C@H](Nc4ccc(-c5cc(F)cc(F)c5F)nn4)C[C@H]3C2)CCOCC1. The molecular formula is C24H27F3N4O2. The molecule has 3 atom stereocenters. The van der Waals surface area contributed by atoms with Crippen LogP contribution in [-0.2, 0) is 9.53 Å². The van der Waals surface area contributed by atoms with Gasteiger partial charge in [-0.1, -0.05) is 6.92 Å². The Hall–Kier alpha value is -2.68. The molecular weight excluding hydrogens is 433 g/mol. The first kappa shape index (κ1) is 22.1. The van der Waals surface area contributed by atoms with Gasteiger partial charge in [0.1, 0.15) is 11.6 Å². The summed E-state index contributed by atoms with van der Waals surface area (Å²) in [7, 11) is 0. The van der Waals surface area contributed by atoms with Gasteiger partial charge in [-0.05, 0) is 55.7 Å². The topological polar surface area (TPSA) is 67.4 Å². The Morgan fingerprint density at radius 3 is 2.42 bits per heavy atom. The van der Waals surface area contributed by atoms with E-state index in [1.165, 1.54) is 6.07 Å². The lowest BCUT2D eigenvalue weighted by Crippen LogP contribution is -2.44. The van der Waals surface area contributed by atoms with Gasteiger partial charge in [0.15, 0.2) is 11.6 Å². The highest BCUT2D eigenvalue weighted by Gasteiger charge is 2.46. The number of rotatable bonds is 4. The smallest absolute Gasteiger partial charge is 0.228 e. The third-order valence-corrected chi connectivity index (χ3v) is 7.44. The van der Waals surface area contributed by atoms with Crippen LogP contribution in [0.15, 0.2) is 24.3 Å². The molecule has 2 aliphatic heterocycles. The van der Waals surface area contributed by atoms with Crippen molar-refractivity contribution >= 4 is 11.7 Å². The van der Waals surface area contributed by atoms with Crippen LogP contribution >= 0.6 is 0 Å². The van der Waals surface area contributed by atoms with E-state index in [1.807, 2.05) is 4.90 Å². The van der Waals surface area contributed by atoms with Gasteiger partial charge in [0, 0.05) is 44.0 Å². The number of nitrogens with zero attached hydrogens (tertiary/aromatic N) is 3. The van der Waals surface area contributed by atoms with Gasteiger partial charge in [0.05, 0.1) is 11.1 Å². The number of hydrogen-bond acceptors (Lipinski definition) is 5. The minimum Gasteiger partial charge on any atom is -0.381 e. The predicted octanol–water partition coefficient (Wildman–Crippen LogP) is 4.03. The fourth-order valence-corrected chi connectivity index (χ4v) is 5.51. The first-order chi connectivity index (χ1) is 15.8. The molecule has 0 bridgehead atoms. The van der Waals surface area contributed by atoms with Crippen LogP contribution in [0, 0.1) is 34.7 Å². The van der Waals surface area contributed by atoms with Gasteiger partial charge in [0.2, 0.25) is 5.91 Å². The van der Waals surface area contributed by atoms with E-state index in [0.717, 1.165) is 44.8 Å². The standard InChI is InChI=1S/C24H27F3N4O2/c1-24(4-6-33-7-5-24)23(32)31-12-14-8-17(9-15(14)13-31)28-21-3-2-20(29-30-21)18-10-16(25)11-19(26)22(18)27/h2-3,10-11,14-15,17H,4-9,12-13H2,1H3,(H,28,30)/t14-,15+,17+. The Bertz CT molecular complexity index is 1030. The number of hydrogen-bond donors (Lipinski definition) is 1. The predicted molar refractivity (Wildman–Crippen MR) is 116 cm³/mol. The molecule has 1 N–H and O–H groups in total. The number of likely N-dealkylation sites (tertiary alicyclic amines) is 1. The van der Waals surface area contributed by atoms with Crippen LogP contribution in [0.5, 0.6) is 0 Å². The number of anilines is 1. The first-order valence-corrected chi connectivity index (χ1v) is 11.4. The average molecular weight is 461 g/mol. The van der Waals surface area contributed by atoms with Crippen molar-refractivity contribution in [2.24, 2.45) is 17.3 Å². The summed E-state index contributed by atoms with van der Waals surface area (Å²) in [5.74, 6) is -1.59. The summed E-state index contributed by atoms with van der Waals surface area (Å²) in [6.07, 6.45) is 3.42. The normalized spacial score (nSPS) is 26.3. The maximum absolute atomic E-state index is 14.0. The summed E-state index contributed by atoms with van der Waals surface area (Å²) in [5.41, 5.74) is -0.504. The second-order valence-electron chi connectivity index (χ2n) is 9.77. The van der Waals surface area contributed by atoms with E-state index < -0.39 is 17.5 Å². The zero-order valence-corrected chi connectivity index (χ0v) is 18.5. The van der Waals surface area contributed by atoms with Crippen molar-refractivity contribution in [2.45, 2.75) is 38.6 Å². The third-order valence-electron chi connectivity index (χ3n) is 7.44. The van der Waals surface area contributed by atoms with Crippen molar-refractivity contribution in [2.75, 3.05) is 31.6 Å². The lowest BCUT2D eigenvalue weighted by atomic mass is 9.81. The van der Waals surface area contributed by atoms with E-state index in [9.17, 15) is 18.0 Å². The minimum atomic E-state index is -1.26. The Kier molecular flexibility index (Phi) is 5.76. The molecule has 1 aromatic carbocycles. The van der Waals surface area contributed by atoms with Gasteiger partial charge < -0.3 is 15.0 Å². The molecule has 2 saturated heterocycles. The van der Waals surface area contributed by atoms with Gasteiger partial charge in [-0.3, -0.25) is 4.79 Å². The Balaban J connectivity index is 1.18. The van der Waals surface area contributed by atoms with Crippen molar-refractivity contribution in [1.82, 2.24) is 15.1 Å². The van der Waals surface area contributed by atoms with Crippen LogP contribution in [0.2, 0.25) is 0 Å². The fraction of sp³-hybridized carbons (Fsp3) is 0.542. The van der Waals surface area contributed by atoms with Gasteiger partial charge in [-0.25, -0.2) is 13.2 Å².